The molecule has 1 aromatic rings. The molecule has 0 bridgehead atoms. The van der Waals surface area contributed by atoms with Crippen LogP contribution < -0.4 is 5.32 Å². The summed E-state index contributed by atoms with van der Waals surface area (Å²) in [5.74, 6) is 0.323. The van der Waals surface area contributed by atoms with Crippen LogP contribution in [0, 0.1) is 0 Å². The number of amides is 2. The standard InChI is InChI=1S/C17H23N3O2/c21-16-13-19(10-4-9-18-16)15-7-8-17(22)20(12-15)11-14-5-2-1-3-6-14/h1-3,5-6,15H,4,7-13H2,(H,18,21). The predicted octanol–water partition coefficient (Wildman–Crippen LogP) is 0.999. The number of benzene rings is 1. The van der Waals surface area contributed by atoms with Crippen LogP contribution in [0.5, 0.6) is 0 Å². The molecule has 0 aromatic heterocycles. The average Bonchev–Trinajstić information content (AvgIpc) is 2.75. The van der Waals surface area contributed by atoms with E-state index in [4.69, 9.17) is 0 Å². The van der Waals surface area contributed by atoms with Crippen LogP contribution in [0.2, 0.25) is 0 Å². The average molecular weight is 301 g/mol. The molecular formula is C17H23N3O2. The number of nitrogens with one attached hydrogen (secondary N) is 1. The first-order valence-corrected chi connectivity index (χ1v) is 8.05. The normalized spacial score (nSPS) is 24.0. The van der Waals surface area contributed by atoms with E-state index in [0.717, 1.165) is 38.0 Å². The highest BCUT2D eigenvalue weighted by Gasteiger charge is 2.31. The summed E-state index contributed by atoms with van der Waals surface area (Å²) in [5, 5.41) is 2.91. The van der Waals surface area contributed by atoms with Crippen molar-refractivity contribution >= 4 is 11.8 Å². The van der Waals surface area contributed by atoms with Crippen LogP contribution in [-0.2, 0) is 16.1 Å². The second kappa shape index (κ2) is 6.92. The van der Waals surface area contributed by atoms with Crippen LogP contribution in [0.1, 0.15) is 24.8 Å². The first kappa shape index (κ1) is 15.0. The van der Waals surface area contributed by atoms with E-state index >= 15 is 0 Å². The first-order chi connectivity index (χ1) is 10.7. The lowest BCUT2D eigenvalue weighted by Crippen LogP contribution is -2.51. The van der Waals surface area contributed by atoms with Crippen molar-refractivity contribution in [3.8, 4) is 0 Å². The highest BCUT2D eigenvalue weighted by atomic mass is 16.2. The van der Waals surface area contributed by atoms with Crippen LogP contribution in [0.3, 0.4) is 0 Å². The van der Waals surface area contributed by atoms with E-state index in [0.29, 0.717) is 25.6 Å². The van der Waals surface area contributed by atoms with Crippen molar-refractivity contribution in [2.75, 3.05) is 26.2 Å². The fraction of sp³-hybridized carbons (Fsp3) is 0.529. The number of likely N-dealkylation sites (tertiary alicyclic amines) is 1. The summed E-state index contributed by atoms with van der Waals surface area (Å²) in [6.45, 7) is 3.53. The maximum atomic E-state index is 12.2. The zero-order valence-corrected chi connectivity index (χ0v) is 12.8. The molecule has 3 rings (SSSR count). The number of piperidine rings is 1. The minimum absolute atomic E-state index is 0.101. The van der Waals surface area contributed by atoms with Gasteiger partial charge in [0.05, 0.1) is 6.54 Å². The number of rotatable bonds is 3. The lowest BCUT2D eigenvalue weighted by atomic mass is 10.0. The third-order valence-electron chi connectivity index (χ3n) is 4.50. The molecular weight excluding hydrogens is 278 g/mol. The summed E-state index contributed by atoms with van der Waals surface area (Å²) < 4.78 is 0. The summed E-state index contributed by atoms with van der Waals surface area (Å²) in [5.41, 5.74) is 1.16. The molecule has 2 heterocycles. The van der Waals surface area contributed by atoms with Crippen molar-refractivity contribution < 1.29 is 9.59 Å². The molecule has 2 aliphatic heterocycles. The second-order valence-corrected chi connectivity index (χ2v) is 6.13. The van der Waals surface area contributed by atoms with Gasteiger partial charge in [-0.05, 0) is 18.4 Å². The topological polar surface area (TPSA) is 52.7 Å². The van der Waals surface area contributed by atoms with Crippen molar-refractivity contribution in [2.24, 2.45) is 0 Å². The molecule has 1 aromatic carbocycles. The minimum Gasteiger partial charge on any atom is -0.355 e. The molecule has 0 saturated carbocycles. The number of hydrogen-bond acceptors (Lipinski definition) is 3. The molecule has 0 spiro atoms. The molecule has 22 heavy (non-hydrogen) atoms. The van der Waals surface area contributed by atoms with Gasteiger partial charge in [0.15, 0.2) is 0 Å². The quantitative estimate of drug-likeness (QED) is 0.906. The van der Waals surface area contributed by atoms with Gasteiger partial charge >= 0.3 is 0 Å². The Morgan fingerprint density at radius 3 is 2.82 bits per heavy atom. The maximum absolute atomic E-state index is 12.2. The number of carbonyl (C=O) groups excluding carboxylic acids is 2. The molecule has 1 unspecified atom stereocenters. The van der Waals surface area contributed by atoms with Crippen molar-refractivity contribution in [3.05, 3.63) is 35.9 Å². The molecule has 2 saturated heterocycles. The Morgan fingerprint density at radius 1 is 1.18 bits per heavy atom. The summed E-state index contributed by atoms with van der Waals surface area (Å²) in [6, 6.07) is 10.4. The summed E-state index contributed by atoms with van der Waals surface area (Å²) in [4.78, 5) is 28.1. The summed E-state index contributed by atoms with van der Waals surface area (Å²) in [6.07, 6.45) is 2.42. The SMILES string of the molecule is O=C1CN(C2CCC(=O)N(Cc3ccccc3)C2)CCCN1. The van der Waals surface area contributed by atoms with Gasteiger partial charge in [0.2, 0.25) is 11.8 Å². The van der Waals surface area contributed by atoms with Crippen LogP contribution in [0.25, 0.3) is 0 Å². The van der Waals surface area contributed by atoms with E-state index in [2.05, 4.69) is 22.3 Å². The van der Waals surface area contributed by atoms with Gasteiger partial charge in [0.25, 0.3) is 0 Å². The van der Waals surface area contributed by atoms with Crippen molar-refractivity contribution in [2.45, 2.75) is 31.8 Å². The van der Waals surface area contributed by atoms with Gasteiger partial charge in [0.1, 0.15) is 0 Å². The van der Waals surface area contributed by atoms with Crippen LogP contribution >= 0.6 is 0 Å². The smallest absolute Gasteiger partial charge is 0.234 e. The number of carbonyl (C=O) groups is 2. The largest absolute Gasteiger partial charge is 0.355 e. The molecule has 5 nitrogen and oxygen atoms in total. The Labute approximate surface area is 131 Å². The molecule has 2 amide bonds. The van der Waals surface area contributed by atoms with Crippen molar-refractivity contribution in [1.82, 2.24) is 15.1 Å². The molecule has 2 aliphatic rings. The monoisotopic (exact) mass is 301 g/mol. The Hall–Kier alpha value is -1.88. The second-order valence-electron chi connectivity index (χ2n) is 6.13. The Balaban J connectivity index is 1.65. The van der Waals surface area contributed by atoms with Gasteiger partial charge in [-0.15, -0.1) is 0 Å². The molecule has 118 valence electrons. The van der Waals surface area contributed by atoms with Crippen LogP contribution in [-0.4, -0.2) is 53.8 Å². The van der Waals surface area contributed by atoms with E-state index in [1.54, 1.807) is 0 Å². The third-order valence-corrected chi connectivity index (χ3v) is 4.50. The number of nitrogens with zero attached hydrogens (tertiary/aromatic N) is 2. The Morgan fingerprint density at radius 2 is 2.00 bits per heavy atom. The van der Waals surface area contributed by atoms with Crippen molar-refractivity contribution in [1.29, 1.82) is 0 Å². The van der Waals surface area contributed by atoms with E-state index < -0.39 is 0 Å². The molecule has 5 heteroatoms. The van der Waals surface area contributed by atoms with Crippen molar-refractivity contribution in [3.63, 3.8) is 0 Å². The highest BCUT2D eigenvalue weighted by molar-refractivity contribution is 5.79. The fourth-order valence-corrected chi connectivity index (χ4v) is 3.29. The third kappa shape index (κ3) is 3.65. The summed E-state index contributed by atoms with van der Waals surface area (Å²) in [7, 11) is 0. The van der Waals surface area contributed by atoms with E-state index in [-0.39, 0.29) is 11.8 Å². The molecule has 2 fully saturated rings. The van der Waals surface area contributed by atoms with Crippen LogP contribution in [0.15, 0.2) is 30.3 Å². The van der Waals surface area contributed by atoms with Gasteiger partial charge in [0, 0.05) is 38.6 Å². The zero-order chi connectivity index (χ0) is 15.4. The molecule has 1 N–H and O–H groups in total. The predicted molar refractivity (Wildman–Crippen MR) is 84.1 cm³/mol. The fourth-order valence-electron chi connectivity index (χ4n) is 3.29. The Bertz CT molecular complexity index is 532. The zero-order valence-electron chi connectivity index (χ0n) is 12.8. The Kier molecular flexibility index (Phi) is 4.73. The summed E-state index contributed by atoms with van der Waals surface area (Å²) >= 11 is 0. The van der Waals surface area contributed by atoms with Crippen LogP contribution in [0.4, 0.5) is 0 Å². The number of hydrogen-bond donors (Lipinski definition) is 1. The highest BCUT2D eigenvalue weighted by Crippen LogP contribution is 2.20. The van der Waals surface area contributed by atoms with E-state index in [1.807, 2.05) is 23.1 Å². The molecule has 1 atom stereocenters. The van der Waals surface area contributed by atoms with E-state index in [9.17, 15) is 9.59 Å². The van der Waals surface area contributed by atoms with E-state index in [1.165, 1.54) is 0 Å². The van der Waals surface area contributed by atoms with Gasteiger partial charge in [-0.3, -0.25) is 14.5 Å². The lowest BCUT2D eigenvalue weighted by molar-refractivity contribution is -0.136. The van der Waals surface area contributed by atoms with Gasteiger partial charge in [-0.1, -0.05) is 30.3 Å². The molecule has 0 aliphatic carbocycles. The van der Waals surface area contributed by atoms with Gasteiger partial charge in [-0.25, -0.2) is 0 Å². The first-order valence-electron chi connectivity index (χ1n) is 8.05. The lowest BCUT2D eigenvalue weighted by Gasteiger charge is -2.38. The van der Waals surface area contributed by atoms with Gasteiger partial charge in [-0.2, -0.15) is 0 Å². The van der Waals surface area contributed by atoms with Gasteiger partial charge < -0.3 is 10.2 Å². The maximum Gasteiger partial charge on any atom is 0.234 e. The molecule has 0 radical (unpaired) electrons. The minimum atomic E-state index is 0.101.